The highest BCUT2D eigenvalue weighted by Gasteiger charge is 2.38. The molecule has 10 rings (SSSR count). The third-order valence-electron chi connectivity index (χ3n) is 10.2. The van der Waals surface area contributed by atoms with Crippen molar-refractivity contribution in [2.24, 2.45) is 0 Å². The highest BCUT2D eigenvalue weighted by Crippen LogP contribution is 2.55. The van der Waals surface area contributed by atoms with Gasteiger partial charge in [0.25, 0.3) is 0 Å². The van der Waals surface area contributed by atoms with Gasteiger partial charge in [-0.05, 0) is 103 Å². The number of rotatable bonds is 2. The van der Waals surface area contributed by atoms with Crippen molar-refractivity contribution in [3.63, 3.8) is 0 Å². The molecule has 0 radical (unpaired) electrons. The molecule has 9 aromatic rings. The Hall–Kier alpha value is -5.47. The number of fused-ring (bicyclic) bond motifs is 7. The summed E-state index contributed by atoms with van der Waals surface area (Å²) in [4.78, 5) is 4.42. The second-order valence-electron chi connectivity index (χ2n) is 12.8. The number of aromatic nitrogens is 2. The van der Waals surface area contributed by atoms with Gasteiger partial charge in [0.05, 0.1) is 11.0 Å². The molecule has 206 valence electrons. The fourth-order valence-corrected chi connectivity index (χ4v) is 8.17. The molecule has 2 nitrogen and oxygen atoms in total. The maximum absolute atomic E-state index is 4.42. The number of nitrogens with zero attached hydrogens (tertiary/aromatic N) is 2. The van der Waals surface area contributed by atoms with Crippen molar-refractivity contribution < 1.29 is 0 Å². The standard InChI is InChI=1S/C42H28N2/c1-42(2)35-23-38-33(30-12-6-7-13-37(30)44(38)28-10-4-3-5-11-28)22-34(35)41-32-19-15-25-14-17-29(27-9-8-20-43-24-27)31-18-16-26(21-36(41)42)40(32)39(25)31/h3-24H,1-2H3. The summed E-state index contributed by atoms with van der Waals surface area (Å²) in [5.41, 5.74) is 11.5. The summed E-state index contributed by atoms with van der Waals surface area (Å²) >= 11 is 0. The predicted molar refractivity (Wildman–Crippen MR) is 185 cm³/mol. The molecule has 0 spiro atoms. The van der Waals surface area contributed by atoms with E-state index in [9.17, 15) is 0 Å². The Morgan fingerprint density at radius 2 is 1.32 bits per heavy atom. The van der Waals surface area contributed by atoms with Crippen molar-refractivity contribution >= 4 is 54.1 Å². The van der Waals surface area contributed by atoms with Crippen molar-refractivity contribution in [2.75, 3.05) is 0 Å². The summed E-state index contributed by atoms with van der Waals surface area (Å²) < 4.78 is 2.43. The molecule has 0 N–H and O–H groups in total. The Bertz CT molecular complexity index is 2610. The van der Waals surface area contributed by atoms with Gasteiger partial charge < -0.3 is 4.57 Å². The van der Waals surface area contributed by atoms with E-state index in [1.807, 2.05) is 18.5 Å². The molecule has 44 heavy (non-hydrogen) atoms. The van der Waals surface area contributed by atoms with Crippen LogP contribution in [-0.4, -0.2) is 9.55 Å². The molecule has 0 unspecified atom stereocenters. The van der Waals surface area contributed by atoms with Crippen LogP contribution in [0.3, 0.4) is 0 Å². The van der Waals surface area contributed by atoms with Crippen molar-refractivity contribution in [3.05, 3.63) is 145 Å². The largest absolute Gasteiger partial charge is 0.309 e. The van der Waals surface area contributed by atoms with Gasteiger partial charge in [-0.1, -0.05) is 92.7 Å². The molecule has 7 aromatic carbocycles. The van der Waals surface area contributed by atoms with Crippen LogP contribution < -0.4 is 0 Å². The van der Waals surface area contributed by atoms with E-state index in [2.05, 4.69) is 139 Å². The summed E-state index contributed by atoms with van der Waals surface area (Å²) in [6, 6.07) is 45.1. The van der Waals surface area contributed by atoms with E-state index in [0.717, 1.165) is 5.56 Å². The zero-order valence-corrected chi connectivity index (χ0v) is 24.6. The van der Waals surface area contributed by atoms with Gasteiger partial charge in [-0.3, -0.25) is 4.98 Å². The average Bonchev–Trinajstić information content (AvgIpc) is 3.51. The molecule has 1 aliphatic carbocycles. The van der Waals surface area contributed by atoms with E-state index in [1.54, 1.807) is 0 Å². The summed E-state index contributed by atoms with van der Waals surface area (Å²) in [6.45, 7) is 4.80. The molecule has 0 amide bonds. The summed E-state index contributed by atoms with van der Waals surface area (Å²) in [6.07, 6.45) is 3.82. The van der Waals surface area contributed by atoms with Crippen LogP contribution in [0.15, 0.2) is 134 Å². The number of para-hydroxylation sites is 2. The van der Waals surface area contributed by atoms with Gasteiger partial charge in [-0.25, -0.2) is 0 Å². The van der Waals surface area contributed by atoms with E-state index < -0.39 is 0 Å². The lowest BCUT2D eigenvalue weighted by Crippen LogP contribution is -2.15. The molecule has 0 saturated heterocycles. The summed E-state index contributed by atoms with van der Waals surface area (Å²) in [5, 5.41) is 10.5. The monoisotopic (exact) mass is 560 g/mol. The van der Waals surface area contributed by atoms with E-state index in [4.69, 9.17) is 0 Å². The fourth-order valence-electron chi connectivity index (χ4n) is 8.17. The third-order valence-corrected chi connectivity index (χ3v) is 10.2. The molecular weight excluding hydrogens is 532 g/mol. The molecule has 1 aliphatic rings. The van der Waals surface area contributed by atoms with Gasteiger partial charge in [0.15, 0.2) is 0 Å². The van der Waals surface area contributed by atoms with Gasteiger partial charge in [0.2, 0.25) is 0 Å². The van der Waals surface area contributed by atoms with E-state index >= 15 is 0 Å². The first-order valence-corrected chi connectivity index (χ1v) is 15.4. The van der Waals surface area contributed by atoms with Crippen LogP contribution >= 0.6 is 0 Å². The minimum atomic E-state index is -0.137. The van der Waals surface area contributed by atoms with Gasteiger partial charge in [-0.2, -0.15) is 0 Å². The lowest BCUT2D eigenvalue weighted by atomic mass is 9.80. The Balaban J connectivity index is 1.33. The zero-order valence-electron chi connectivity index (χ0n) is 24.6. The Morgan fingerprint density at radius 1 is 0.545 bits per heavy atom. The third kappa shape index (κ3) is 2.97. The van der Waals surface area contributed by atoms with Crippen molar-refractivity contribution in [1.82, 2.24) is 9.55 Å². The van der Waals surface area contributed by atoms with Crippen LogP contribution in [0, 0.1) is 0 Å². The Labute approximate surface area is 255 Å². The Morgan fingerprint density at radius 3 is 2.18 bits per heavy atom. The first kappa shape index (κ1) is 24.0. The highest BCUT2D eigenvalue weighted by molar-refractivity contribution is 6.29. The van der Waals surface area contributed by atoms with Gasteiger partial charge in [0.1, 0.15) is 0 Å². The van der Waals surface area contributed by atoms with Gasteiger partial charge >= 0.3 is 0 Å². The minimum absolute atomic E-state index is 0.137. The van der Waals surface area contributed by atoms with Crippen LogP contribution in [0.4, 0.5) is 0 Å². The first-order valence-electron chi connectivity index (χ1n) is 15.4. The summed E-state index contributed by atoms with van der Waals surface area (Å²) in [5.74, 6) is 0. The normalized spacial score (nSPS) is 13.9. The van der Waals surface area contributed by atoms with Crippen molar-refractivity contribution in [1.29, 1.82) is 0 Å². The first-order chi connectivity index (χ1) is 21.6. The maximum atomic E-state index is 4.42. The number of pyridine rings is 1. The Kier molecular flexibility index (Phi) is 4.55. The molecule has 0 saturated carbocycles. The fraction of sp³-hybridized carbons (Fsp3) is 0.0714. The zero-order chi connectivity index (χ0) is 29.2. The minimum Gasteiger partial charge on any atom is -0.309 e. The maximum Gasteiger partial charge on any atom is 0.0544 e. The van der Waals surface area contributed by atoms with Crippen LogP contribution in [0.5, 0.6) is 0 Å². The molecule has 2 heteroatoms. The molecule has 0 atom stereocenters. The van der Waals surface area contributed by atoms with E-state index in [0.29, 0.717) is 0 Å². The predicted octanol–water partition coefficient (Wildman–Crippen LogP) is 11.0. The second kappa shape index (κ2) is 8.33. The lowest BCUT2D eigenvalue weighted by Gasteiger charge is -2.23. The second-order valence-corrected chi connectivity index (χ2v) is 12.8. The van der Waals surface area contributed by atoms with Crippen molar-refractivity contribution in [2.45, 2.75) is 19.3 Å². The SMILES string of the molecule is CC1(C)c2cc3c(cc2-c2c1cc1ccc4c(-c5cccnc5)ccc5ccc2c1c54)c1ccccc1n3-c1ccccc1. The quantitative estimate of drug-likeness (QED) is 0.192. The average molecular weight is 561 g/mol. The number of hydrogen-bond donors (Lipinski definition) is 0. The van der Waals surface area contributed by atoms with E-state index in [-0.39, 0.29) is 5.41 Å². The van der Waals surface area contributed by atoms with Crippen molar-refractivity contribution in [3.8, 4) is 27.9 Å². The van der Waals surface area contributed by atoms with Gasteiger partial charge in [0, 0.05) is 39.8 Å². The van der Waals surface area contributed by atoms with Gasteiger partial charge in [-0.15, -0.1) is 0 Å². The van der Waals surface area contributed by atoms with Crippen LogP contribution in [0.25, 0.3) is 82.1 Å². The molecule has 0 fully saturated rings. The molecule has 2 aromatic heterocycles. The molecule has 0 aliphatic heterocycles. The molecular formula is C42H28N2. The number of hydrogen-bond acceptors (Lipinski definition) is 1. The lowest BCUT2D eigenvalue weighted by molar-refractivity contribution is 0.662. The molecule has 0 bridgehead atoms. The highest BCUT2D eigenvalue weighted by atomic mass is 15.0. The smallest absolute Gasteiger partial charge is 0.0544 e. The topological polar surface area (TPSA) is 17.8 Å². The van der Waals surface area contributed by atoms with Crippen LogP contribution in [0.2, 0.25) is 0 Å². The number of benzene rings is 7. The summed E-state index contributed by atoms with van der Waals surface area (Å²) in [7, 11) is 0. The molecule has 2 heterocycles. The van der Waals surface area contributed by atoms with E-state index in [1.165, 1.54) is 87.6 Å². The van der Waals surface area contributed by atoms with Crippen LogP contribution in [0.1, 0.15) is 25.0 Å². The van der Waals surface area contributed by atoms with Crippen LogP contribution in [-0.2, 0) is 5.41 Å².